The maximum absolute atomic E-state index is 12.0. The zero-order valence-electron chi connectivity index (χ0n) is 19.7. The van der Waals surface area contributed by atoms with E-state index in [1.54, 1.807) is 0 Å². The Bertz CT molecular complexity index is 780. The molecule has 0 aromatic heterocycles. The molecule has 0 unspecified atom stereocenters. The normalized spacial score (nSPS) is 18.8. The fourth-order valence-corrected chi connectivity index (χ4v) is 4.94. The maximum Gasteiger partial charge on any atom is 0.311 e. The minimum absolute atomic E-state index is 0.128. The zero-order valence-corrected chi connectivity index (χ0v) is 19.7. The molecule has 168 valence electrons. The van der Waals surface area contributed by atoms with Crippen molar-refractivity contribution in [3.63, 3.8) is 0 Å². The largest absolute Gasteiger partial charge is 0.427 e. The molecule has 0 aliphatic heterocycles. The Morgan fingerprint density at radius 2 is 1.48 bits per heavy atom. The van der Waals surface area contributed by atoms with Crippen LogP contribution in [0.25, 0.3) is 11.1 Å². The first-order valence-corrected chi connectivity index (χ1v) is 12.5. The lowest BCUT2D eigenvalue weighted by atomic mass is 9.76. The molecule has 1 fully saturated rings. The number of unbranched alkanes of at least 4 members (excludes halogenated alkanes) is 3. The number of hydrogen-bond donors (Lipinski definition) is 0. The van der Waals surface area contributed by atoms with Gasteiger partial charge in [0.2, 0.25) is 0 Å². The van der Waals surface area contributed by atoms with Crippen LogP contribution >= 0.6 is 0 Å². The maximum atomic E-state index is 12.0. The summed E-state index contributed by atoms with van der Waals surface area (Å²) in [6, 6.07) is 17.0. The van der Waals surface area contributed by atoms with Crippen molar-refractivity contribution in [2.75, 3.05) is 0 Å². The van der Waals surface area contributed by atoms with Crippen LogP contribution in [0.2, 0.25) is 0 Å². The molecule has 1 aliphatic rings. The average molecular weight is 421 g/mol. The molecule has 2 heteroatoms. The summed E-state index contributed by atoms with van der Waals surface area (Å²) in [5, 5.41) is 0. The predicted molar refractivity (Wildman–Crippen MR) is 130 cm³/mol. The second-order valence-corrected chi connectivity index (χ2v) is 9.78. The van der Waals surface area contributed by atoms with E-state index in [2.05, 4.69) is 45.0 Å². The van der Waals surface area contributed by atoms with Crippen LogP contribution in [0.1, 0.15) is 96.5 Å². The van der Waals surface area contributed by atoms with E-state index in [0.717, 1.165) is 36.2 Å². The Hall–Kier alpha value is -2.09. The Morgan fingerprint density at radius 1 is 0.871 bits per heavy atom. The van der Waals surface area contributed by atoms with E-state index in [9.17, 15) is 4.79 Å². The van der Waals surface area contributed by atoms with Gasteiger partial charge < -0.3 is 4.74 Å². The zero-order chi connectivity index (χ0) is 22.1. The first-order chi connectivity index (χ1) is 15.0. The Labute approximate surface area is 189 Å². The van der Waals surface area contributed by atoms with Crippen LogP contribution in [0.5, 0.6) is 5.75 Å². The van der Waals surface area contributed by atoms with Gasteiger partial charge in [-0.25, -0.2) is 0 Å². The first kappa shape index (κ1) is 23.6. The van der Waals surface area contributed by atoms with Crippen LogP contribution in [0.3, 0.4) is 0 Å². The molecule has 3 rings (SSSR count). The topological polar surface area (TPSA) is 26.3 Å². The number of esters is 1. The summed E-state index contributed by atoms with van der Waals surface area (Å²) in [5.74, 6) is 2.98. The van der Waals surface area contributed by atoms with Crippen molar-refractivity contribution in [2.45, 2.75) is 90.9 Å². The van der Waals surface area contributed by atoms with Crippen LogP contribution in [-0.2, 0) is 4.79 Å². The summed E-state index contributed by atoms with van der Waals surface area (Å²) >= 11 is 0. The minimum atomic E-state index is -0.128. The molecule has 0 atom stereocenters. The summed E-state index contributed by atoms with van der Waals surface area (Å²) in [4.78, 5) is 12.0. The molecular formula is C29H40O2. The molecule has 1 aliphatic carbocycles. The Morgan fingerprint density at radius 3 is 2.06 bits per heavy atom. The lowest BCUT2D eigenvalue weighted by molar-refractivity contribution is -0.134. The van der Waals surface area contributed by atoms with Crippen molar-refractivity contribution in [2.24, 2.45) is 11.8 Å². The van der Waals surface area contributed by atoms with Gasteiger partial charge in [0.25, 0.3) is 0 Å². The number of rotatable bonds is 10. The van der Waals surface area contributed by atoms with Crippen LogP contribution in [0.4, 0.5) is 0 Å². The Balaban J connectivity index is 1.50. The van der Waals surface area contributed by atoms with E-state index >= 15 is 0 Å². The molecular weight excluding hydrogens is 380 g/mol. The molecule has 0 saturated heterocycles. The van der Waals surface area contributed by atoms with Gasteiger partial charge in [-0.1, -0.05) is 76.4 Å². The summed E-state index contributed by atoms with van der Waals surface area (Å²) in [6.07, 6.45) is 11.7. The van der Waals surface area contributed by atoms with Gasteiger partial charge >= 0.3 is 5.97 Å². The molecule has 0 spiro atoms. The van der Waals surface area contributed by atoms with Crippen molar-refractivity contribution < 1.29 is 9.53 Å². The standard InChI is InChI=1S/C29H40O2/c1-4-5-6-7-8-29(30)31-28-19-17-27(18-20-28)26-15-13-25(14-16-26)24-11-9-23(10-12-24)21-22(2)3/h13-20,22-24H,4-12,21H2,1-3H3. The molecule has 1 saturated carbocycles. The van der Waals surface area contributed by atoms with Gasteiger partial charge in [0.15, 0.2) is 0 Å². The van der Waals surface area contributed by atoms with Gasteiger partial charge in [-0.2, -0.15) is 0 Å². The predicted octanol–water partition coefficient (Wildman–Crippen LogP) is 8.55. The van der Waals surface area contributed by atoms with Crippen molar-refractivity contribution in [3.8, 4) is 16.9 Å². The Kier molecular flexibility index (Phi) is 9.18. The van der Waals surface area contributed by atoms with Gasteiger partial charge in [-0.05, 0) is 85.1 Å². The van der Waals surface area contributed by atoms with E-state index in [-0.39, 0.29) is 5.97 Å². The van der Waals surface area contributed by atoms with Crippen molar-refractivity contribution in [3.05, 3.63) is 54.1 Å². The summed E-state index contributed by atoms with van der Waals surface area (Å²) in [5.41, 5.74) is 3.87. The number of ether oxygens (including phenoxy) is 1. The molecule has 2 aromatic rings. The smallest absolute Gasteiger partial charge is 0.311 e. The first-order valence-electron chi connectivity index (χ1n) is 12.5. The highest BCUT2D eigenvalue weighted by molar-refractivity contribution is 5.73. The highest BCUT2D eigenvalue weighted by atomic mass is 16.5. The highest BCUT2D eigenvalue weighted by Gasteiger charge is 2.22. The molecule has 0 bridgehead atoms. The van der Waals surface area contributed by atoms with Gasteiger partial charge in [-0.15, -0.1) is 0 Å². The second kappa shape index (κ2) is 12.1. The molecule has 0 amide bonds. The van der Waals surface area contributed by atoms with Gasteiger partial charge in [0.05, 0.1) is 0 Å². The quantitative estimate of drug-likeness (QED) is 0.219. The van der Waals surface area contributed by atoms with Gasteiger partial charge in [0, 0.05) is 6.42 Å². The van der Waals surface area contributed by atoms with Gasteiger partial charge in [-0.3, -0.25) is 4.79 Å². The van der Waals surface area contributed by atoms with E-state index in [4.69, 9.17) is 4.74 Å². The number of benzene rings is 2. The third kappa shape index (κ3) is 7.52. The SMILES string of the molecule is CCCCCCC(=O)Oc1ccc(-c2ccc(C3CCC(CC(C)C)CC3)cc2)cc1. The molecule has 31 heavy (non-hydrogen) atoms. The lowest BCUT2D eigenvalue weighted by Gasteiger charge is -2.29. The fourth-order valence-electron chi connectivity index (χ4n) is 4.94. The van der Waals surface area contributed by atoms with Crippen molar-refractivity contribution >= 4 is 5.97 Å². The number of hydrogen-bond acceptors (Lipinski definition) is 2. The molecule has 0 radical (unpaired) electrons. The summed E-state index contributed by atoms with van der Waals surface area (Å²) < 4.78 is 5.48. The number of carbonyl (C=O) groups is 1. The van der Waals surface area contributed by atoms with E-state index in [1.807, 2.05) is 24.3 Å². The van der Waals surface area contributed by atoms with Crippen LogP contribution in [0, 0.1) is 11.8 Å². The highest BCUT2D eigenvalue weighted by Crippen LogP contribution is 2.38. The fraction of sp³-hybridized carbons (Fsp3) is 0.552. The minimum Gasteiger partial charge on any atom is -0.427 e. The van der Waals surface area contributed by atoms with Gasteiger partial charge in [0.1, 0.15) is 5.75 Å². The molecule has 2 nitrogen and oxygen atoms in total. The van der Waals surface area contributed by atoms with E-state index in [0.29, 0.717) is 12.2 Å². The monoisotopic (exact) mass is 420 g/mol. The van der Waals surface area contributed by atoms with Crippen LogP contribution in [0.15, 0.2) is 48.5 Å². The lowest BCUT2D eigenvalue weighted by Crippen LogP contribution is -2.14. The van der Waals surface area contributed by atoms with Crippen molar-refractivity contribution in [1.82, 2.24) is 0 Å². The number of carbonyl (C=O) groups excluding carboxylic acids is 1. The molecule has 2 aromatic carbocycles. The van der Waals surface area contributed by atoms with E-state index in [1.165, 1.54) is 56.1 Å². The van der Waals surface area contributed by atoms with Crippen LogP contribution in [-0.4, -0.2) is 5.97 Å². The van der Waals surface area contributed by atoms with E-state index < -0.39 is 0 Å². The molecule has 0 heterocycles. The summed E-state index contributed by atoms with van der Waals surface area (Å²) in [7, 11) is 0. The summed E-state index contributed by atoms with van der Waals surface area (Å²) in [6.45, 7) is 6.86. The molecule has 0 N–H and O–H groups in total. The van der Waals surface area contributed by atoms with Crippen LogP contribution < -0.4 is 4.74 Å². The third-order valence-corrected chi connectivity index (χ3v) is 6.69. The average Bonchev–Trinajstić information content (AvgIpc) is 2.78. The third-order valence-electron chi connectivity index (χ3n) is 6.69. The second-order valence-electron chi connectivity index (χ2n) is 9.78. The van der Waals surface area contributed by atoms with Crippen molar-refractivity contribution in [1.29, 1.82) is 0 Å².